The Morgan fingerprint density at radius 3 is 2.81 bits per heavy atom. The van der Waals surface area contributed by atoms with E-state index in [2.05, 4.69) is 25.1 Å². The van der Waals surface area contributed by atoms with Crippen molar-refractivity contribution in [3.8, 4) is 0 Å². The number of anilines is 1. The molecule has 0 aromatic carbocycles. The van der Waals surface area contributed by atoms with Crippen molar-refractivity contribution in [3.05, 3.63) is 18.2 Å². The summed E-state index contributed by atoms with van der Waals surface area (Å²) in [6, 6.07) is 1.72. The molecule has 2 aromatic heterocycles. The summed E-state index contributed by atoms with van der Waals surface area (Å²) in [5, 5.41) is 7.98. The first-order valence-corrected chi connectivity index (χ1v) is 5.64. The van der Waals surface area contributed by atoms with Crippen molar-refractivity contribution in [2.75, 3.05) is 5.73 Å². The Labute approximate surface area is 97.1 Å². The van der Waals surface area contributed by atoms with Gasteiger partial charge < -0.3 is 5.73 Å². The molecule has 7 heteroatoms. The monoisotopic (exact) mass is 236 g/mol. The quantitative estimate of drug-likeness (QED) is 0.783. The molecule has 3 N–H and O–H groups in total. The molecule has 0 saturated heterocycles. The van der Waals surface area contributed by atoms with Gasteiger partial charge >= 0.3 is 0 Å². The number of aromatic amines is 1. The van der Waals surface area contributed by atoms with Crippen LogP contribution in [0, 0.1) is 0 Å². The van der Waals surface area contributed by atoms with E-state index < -0.39 is 0 Å². The Bertz CT molecular complexity index is 467. The van der Waals surface area contributed by atoms with E-state index in [1.165, 1.54) is 18.1 Å². The first-order chi connectivity index (χ1) is 7.65. The van der Waals surface area contributed by atoms with E-state index in [0.29, 0.717) is 11.0 Å². The largest absolute Gasteiger partial charge is 0.384 e. The fourth-order valence-corrected chi connectivity index (χ4v) is 1.83. The van der Waals surface area contributed by atoms with Gasteiger partial charge in [0.15, 0.2) is 5.16 Å². The SMILES string of the molecule is CC(C)c1nc(N)cc(Sc2ncn[nH]2)n1. The van der Waals surface area contributed by atoms with Crippen molar-refractivity contribution >= 4 is 17.6 Å². The highest BCUT2D eigenvalue weighted by Gasteiger charge is 2.08. The van der Waals surface area contributed by atoms with Crippen molar-refractivity contribution in [1.29, 1.82) is 0 Å². The maximum Gasteiger partial charge on any atom is 0.189 e. The second-order valence-corrected chi connectivity index (χ2v) is 4.55. The average molecular weight is 236 g/mol. The van der Waals surface area contributed by atoms with E-state index in [1.807, 2.05) is 13.8 Å². The number of nitrogens with zero attached hydrogens (tertiary/aromatic N) is 4. The van der Waals surface area contributed by atoms with Gasteiger partial charge in [0.05, 0.1) is 0 Å². The van der Waals surface area contributed by atoms with Crippen molar-refractivity contribution < 1.29 is 0 Å². The number of rotatable bonds is 3. The minimum atomic E-state index is 0.248. The van der Waals surface area contributed by atoms with E-state index in [9.17, 15) is 0 Å². The van der Waals surface area contributed by atoms with Crippen LogP contribution in [0.25, 0.3) is 0 Å². The maximum absolute atomic E-state index is 5.72. The molecular formula is C9H12N6S. The Kier molecular flexibility index (Phi) is 3.04. The number of H-pyrrole nitrogens is 1. The van der Waals surface area contributed by atoms with Gasteiger partial charge in [-0.05, 0) is 11.8 Å². The minimum Gasteiger partial charge on any atom is -0.384 e. The molecule has 16 heavy (non-hydrogen) atoms. The number of hydrogen-bond donors (Lipinski definition) is 2. The lowest BCUT2D eigenvalue weighted by Crippen LogP contribution is -2.02. The predicted molar refractivity (Wildman–Crippen MR) is 61.0 cm³/mol. The van der Waals surface area contributed by atoms with E-state index in [0.717, 1.165) is 10.9 Å². The van der Waals surface area contributed by atoms with Gasteiger partial charge in [-0.1, -0.05) is 13.8 Å². The van der Waals surface area contributed by atoms with Crippen LogP contribution in [0.2, 0.25) is 0 Å². The van der Waals surface area contributed by atoms with E-state index >= 15 is 0 Å². The van der Waals surface area contributed by atoms with E-state index in [4.69, 9.17) is 5.73 Å². The summed E-state index contributed by atoms with van der Waals surface area (Å²) >= 11 is 1.38. The molecule has 0 aliphatic rings. The normalized spacial score (nSPS) is 10.9. The summed E-state index contributed by atoms with van der Waals surface area (Å²) < 4.78 is 0. The molecule has 0 amide bonds. The lowest BCUT2D eigenvalue weighted by atomic mass is 10.2. The van der Waals surface area contributed by atoms with Gasteiger partial charge in [0.1, 0.15) is 23.0 Å². The van der Waals surface area contributed by atoms with Crippen LogP contribution in [0.5, 0.6) is 0 Å². The van der Waals surface area contributed by atoms with Gasteiger partial charge in [-0.25, -0.2) is 15.0 Å². The van der Waals surface area contributed by atoms with Gasteiger partial charge in [-0.15, -0.1) is 0 Å². The molecule has 0 bridgehead atoms. The highest BCUT2D eigenvalue weighted by molar-refractivity contribution is 7.99. The number of hydrogen-bond acceptors (Lipinski definition) is 6. The summed E-state index contributed by atoms with van der Waals surface area (Å²) in [5.41, 5.74) is 5.72. The second kappa shape index (κ2) is 4.48. The van der Waals surface area contributed by atoms with E-state index in [-0.39, 0.29) is 5.92 Å². The van der Waals surface area contributed by atoms with Crippen LogP contribution < -0.4 is 5.73 Å². The fourth-order valence-electron chi connectivity index (χ4n) is 1.11. The Morgan fingerprint density at radius 2 is 2.19 bits per heavy atom. The number of nitrogens with two attached hydrogens (primary N) is 1. The lowest BCUT2D eigenvalue weighted by molar-refractivity contribution is 0.756. The smallest absolute Gasteiger partial charge is 0.189 e. The summed E-state index contributed by atoms with van der Waals surface area (Å²) in [4.78, 5) is 12.6. The topological polar surface area (TPSA) is 93.4 Å². The highest BCUT2D eigenvalue weighted by atomic mass is 32.2. The van der Waals surface area contributed by atoms with Crippen LogP contribution in [0.4, 0.5) is 5.82 Å². The molecule has 0 spiro atoms. The zero-order chi connectivity index (χ0) is 11.5. The van der Waals surface area contributed by atoms with Gasteiger partial charge in [0, 0.05) is 12.0 Å². The minimum absolute atomic E-state index is 0.248. The Hall–Kier alpha value is -1.63. The molecular weight excluding hydrogens is 224 g/mol. The molecule has 84 valence electrons. The van der Waals surface area contributed by atoms with Gasteiger partial charge in [0.2, 0.25) is 0 Å². The fraction of sp³-hybridized carbons (Fsp3) is 0.333. The summed E-state index contributed by atoms with van der Waals surface area (Å²) in [5.74, 6) is 1.46. The zero-order valence-corrected chi connectivity index (χ0v) is 9.82. The molecule has 0 atom stereocenters. The summed E-state index contributed by atoms with van der Waals surface area (Å²) in [7, 11) is 0. The molecule has 6 nitrogen and oxygen atoms in total. The molecule has 2 rings (SSSR count). The van der Waals surface area contributed by atoms with Crippen molar-refractivity contribution in [1.82, 2.24) is 25.1 Å². The Balaban J connectivity index is 2.27. The zero-order valence-electron chi connectivity index (χ0n) is 9.01. The van der Waals surface area contributed by atoms with Gasteiger partial charge in [-0.2, -0.15) is 5.10 Å². The molecule has 2 aromatic rings. The van der Waals surface area contributed by atoms with E-state index in [1.54, 1.807) is 6.07 Å². The molecule has 0 aliphatic heterocycles. The van der Waals surface area contributed by atoms with Gasteiger partial charge in [-0.3, -0.25) is 5.10 Å². The van der Waals surface area contributed by atoms with Gasteiger partial charge in [0.25, 0.3) is 0 Å². The predicted octanol–water partition coefficient (Wildman–Crippen LogP) is 1.45. The van der Waals surface area contributed by atoms with Crippen LogP contribution in [0.15, 0.2) is 22.6 Å². The van der Waals surface area contributed by atoms with Crippen LogP contribution >= 0.6 is 11.8 Å². The second-order valence-electron chi connectivity index (χ2n) is 3.54. The molecule has 0 saturated carbocycles. The van der Waals surface area contributed by atoms with Crippen molar-refractivity contribution in [2.24, 2.45) is 0 Å². The first kappa shape index (κ1) is 10.9. The van der Waals surface area contributed by atoms with Crippen LogP contribution in [-0.4, -0.2) is 25.1 Å². The number of nitrogen functional groups attached to an aromatic ring is 1. The third kappa shape index (κ3) is 2.48. The summed E-state index contributed by atoms with van der Waals surface area (Å²) in [6.07, 6.45) is 1.45. The van der Waals surface area contributed by atoms with Crippen LogP contribution in [-0.2, 0) is 0 Å². The maximum atomic E-state index is 5.72. The molecule has 0 unspecified atom stereocenters. The first-order valence-electron chi connectivity index (χ1n) is 4.83. The molecule has 2 heterocycles. The van der Waals surface area contributed by atoms with Crippen molar-refractivity contribution in [2.45, 2.75) is 29.9 Å². The number of aromatic nitrogens is 5. The third-order valence-corrected chi connectivity index (χ3v) is 2.66. The molecule has 0 radical (unpaired) electrons. The van der Waals surface area contributed by atoms with Crippen LogP contribution in [0.3, 0.4) is 0 Å². The van der Waals surface area contributed by atoms with Crippen LogP contribution in [0.1, 0.15) is 25.6 Å². The molecule has 0 aliphatic carbocycles. The average Bonchev–Trinajstić information content (AvgIpc) is 2.69. The third-order valence-electron chi connectivity index (χ3n) is 1.85. The van der Waals surface area contributed by atoms with Crippen molar-refractivity contribution in [3.63, 3.8) is 0 Å². The highest BCUT2D eigenvalue weighted by Crippen LogP contribution is 2.24. The number of nitrogens with one attached hydrogen (secondary N) is 1. The standard InChI is InChI=1S/C9H12N6S/c1-5(2)8-13-6(10)3-7(14-8)16-9-11-4-12-15-9/h3-5H,1-2H3,(H2,10,13,14)(H,11,12,15). The lowest BCUT2D eigenvalue weighted by Gasteiger charge is -2.06. The Morgan fingerprint density at radius 1 is 1.38 bits per heavy atom. The molecule has 0 fully saturated rings. The summed E-state index contributed by atoms with van der Waals surface area (Å²) in [6.45, 7) is 4.05.